The van der Waals surface area contributed by atoms with Gasteiger partial charge in [0.1, 0.15) is 11.0 Å². The number of nitrogens with zero attached hydrogens (tertiary/aromatic N) is 3. The van der Waals surface area contributed by atoms with Gasteiger partial charge in [-0.2, -0.15) is 0 Å². The largest absolute Gasteiger partial charge is 0.355 e. The van der Waals surface area contributed by atoms with Gasteiger partial charge in [-0.05, 0) is 25.7 Å². The molecule has 0 aromatic carbocycles. The molecule has 1 heterocycles. The van der Waals surface area contributed by atoms with Gasteiger partial charge in [0, 0.05) is 13.1 Å². The molecule has 1 fully saturated rings. The van der Waals surface area contributed by atoms with Crippen molar-refractivity contribution in [2.75, 3.05) is 18.0 Å². The van der Waals surface area contributed by atoms with Crippen LogP contribution in [0.25, 0.3) is 0 Å². The third-order valence-electron chi connectivity index (χ3n) is 2.47. The Hall–Kier alpha value is -0.830. The number of hydrogen-bond donors (Lipinski definition) is 0. The first-order valence-corrected chi connectivity index (χ1v) is 5.40. The van der Waals surface area contributed by atoms with Crippen LogP contribution in [0.3, 0.4) is 0 Å². The van der Waals surface area contributed by atoms with E-state index in [4.69, 9.17) is 11.6 Å². The lowest BCUT2D eigenvalue weighted by atomic mass is 10.3. The van der Waals surface area contributed by atoms with E-state index in [0.29, 0.717) is 5.15 Å². The predicted octanol–water partition coefficient (Wildman–Crippen LogP) is 2.37. The summed E-state index contributed by atoms with van der Waals surface area (Å²) in [6, 6.07) is 0. The summed E-state index contributed by atoms with van der Waals surface area (Å²) in [6.45, 7) is 4.18. The van der Waals surface area contributed by atoms with Gasteiger partial charge in [0.2, 0.25) is 0 Å². The van der Waals surface area contributed by atoms with E-state index in [1.165, 1.54) is 12.8 Å². The first-order valence-electron chi connectivity index (χ1n) is 5.02. The Morgan fingerprint density at radius 3 is 2.86 bits per heavy atom. The van der Waals surface area contributed by atoms with E-state index in [0.717, 1.165) is 24.8 Å². The van der Waals surface area contributed by atoms with Crippen molar-refractivity contribution in [1.82, 2.24) is 9.97 Å². The highest BCUT2D eigenvalue weighted by atomic mass is 35.5. The van der Waals surface area contributed by atoms with Crippen LogP contribution in [0.5, 0.6) is 0 Å². The molecule has 0 spiro atoms. The molecule has 0 bridgehead atoms. The molecule has 0 atom stereocenters. The number of aromatic nitrogens is 2. The van der Waals surface area contributed by atoms with E-state index in [-0.39, 0.29) is 0 Å². The first-order chi connectivity index (χ1) is 6.79. The van der Waals surface area contributed by atoms with Gasteiger partial charge in [-0.15, -0.1) is 0 Å². The normalized spacial score (nSPS) is 15.6. The van der Waals surface area contributed by atoms with Crippen molar-refractivity contribution >= 4 is 17.4 Å². The van der Waals surface area contributed by atoms with Crippen molar-refractivity contribution in [3.63, 3.8) is 0 Å². The van der Waals surface area contributed by atoms with E-state index in [2.05, 4.69) is 21.8 Å². The highest BCUT2D eigenvalue weighted by Crippen LogP contribution is 2.30. The van der Waals surface area contributed by atoms with E-state index in [9.17, 15) is 0 Å². The van der Waals surface area contributed by atoms with Gasteiger partial charge in [-0.25, -0.2) is 4.98 Å². The van der Waals surface area contributed by atoms with E-state index in [1.807, 2.05) is 0 Å². The van der Waals surface area contributed by atoms with Gasteiger partial charge in [-0.1, -0.05) is 11.6 Å². The van der Waals surface area contributed by atoms with Crippen LogP contribution in [0.2, 0.25) is 5.15 Å². The maximum absolute atomic E-state index is 5.80. The van der Waals surface area contributed by atoms with Crippen LogP contribution in [-0.2, 0) is 0 Å². The number of halogens is 1. The number of anilines is 1. The fourth-order valence-corrected chi connectivity index (χ4v) is 1.62. The highest BCUT2D eigenvalue weighted by molar-refractivity contribution is 6.29. The minimum atomic E-state index is 0.469. The molecule has 3 nitrogen and oxygen atoms in total. The van der Waals surface area contributed by atoms with Gasteiger partial charge in [0.15, 0.2) is 0 Å². The van der Waals surface area contributed by atoms with Crippen molar-refractivity contribution in [2.45, 2.75) is 19.8 Å². The fraction of sp³-hybridized carbons (Fsp3) is 0.600. The maximum Gasteiger partial charge on any atom is 0.149 e. The van der Waals surface area contributed by atoms with Gasteiger partial charge >= 0.3 is 0 Å². The monoisotopic (exact) mass is 211 g/mol. The summed E-state index contributed by atoms with van der Waals surface area (Å²) in [7, 11) is 0. The van der Waals surface area contributed by atoms with E-state index < -0.39 is 0 Å². The van der Waals surface area contributed by atoms with Gasteiger partial charge in [0.05, 0.1) is 12.4 Å². The molecule has 1 aliphatic rings. The minimum absolute atomic E-state index is 0.469. The zero-order chi connectivity index (χ0) is 9.97. The van der Waals surface area contributed by atoms with Crippen molar-refractivity contribution < 1.29 is 0 Å². The summed E-state index contributed by atoms with van der Waals surface area (Å²) in [5.74, 6) is 1.75. The molecule has 0 radical (unpaired) electrons. The molecule has 2 rings (SSSR count). The molecule has 0 saturated heterocycles. The molecule has 76 valence electrons. The molecule has 4 heteroatoms. The van der Waals surface area contributed by atoms with Crippen molar-refractivity contribution in [3.05, 3.63) is 17.5 Å². The summed E-state index contributed by atoms with van der Waals surface area (Å²) < 4.78 is 0. The number of rotatable bonds is 4. The van der Waals surface area contributed by atoms with Crippen LogP contribution in [-0.4, -0.2) is 23.1 Å². The van der Waals surface area contributed by atoms with Crippen molar-refractivity contribution in [1.29, 1.82) is 0 Å². The molecular weight excluding hydrogens is 198 g/mol. The van der Waals surface area contributed by atoms with Gasteiger partial charge < -0.3 is 4.90 Å². The molecule has 1 saturated carbocycles. The summed E-state index contributed by atoms with van der Waals surface area (Å²) in [6.07, 6.45) is 6.04. The van der Waals surface area contributed by atoms with Crippen LogP contribution < -0.4 is 4.90 Å². The molecule has 0 N–H and O–H groups in total. The molecule has 1 aliphatic carbocycles. The second-order valence-corrected chi connectivity index (χ2v) is 4.07. The zero-order valence-electron chi connectivity index (χ0n) is 8.28. The fourth-order valence-electron chi connectivity index (χ4n) is 1.48. The summed E-state index contributed by atoms with van der Waals surface area (Å²) in [4.78, 5) is 10.5. The lowest BCUT2D eigenvalue weighted by molar-refractivity contribution is 0.730. The van der Waals surface area contributed by atoms with E-state index >= 15 is 0 Å². The summed E-state index contributed by atoms with van der Waals surface area (Å²) >= 11 is 5.80. The van der Waals surface area contributed by atoms with Crippen LogP contribution in [0.1, 0.15) is 19.8 Å². The van der Waals surface area contributed by atoms with Gasteiger partial charge in [0.25, 0.3) is 0 Å². The highest BCUT2D eigenvalue weighted by Gasteiger charge is 2.24. The smallest absolute Gasteiger partial charge is 0.149 e. The average Bonchev–Trinajstić information content (AvgIpc) is 2.98. The Bertz CT molecular complexity index is 312. The average molecular weight is 212 g/mol. The van der Waals surface area contributed by atoms with Crippen LogP contribution in [0.15, 0.2) is 12.4 Å². The second kappa shape index (κ2) is 4.13. The Kier molecular flexibility index (Phi) is 2.87. The maximum atomic E-state index is 5.80. The Labute approximate surface area is 89.1 Å². The van der Waals surface area contributed by atoms with Crippen LogP contribution >= 0.6 is 11.6 Å². The molecule has 14 heavy (non-hydrogen) atoms. The standard InChI is InChI=1S/C10H14ClN3/c1-2-14(7-8-3-4-8)10-6-12-5-9(11)13-10/h5-6,8H,2-4,7H2,1H3. The van der Waals surface area contributed by atoms with Crippen LogP contribution in [0.4, 0.5) is 5.82 Å². The molecule has 1 aromatic heterocycles. The SMILES string of the molecule is CCN(CC1CC1)c1cncc(Cl)n1. The zero-order valence-corrected chi connectivity index (χ0v) is 9.04. The number of hydrogen-bond acceptors (Lipinski definition) is 3. The Morgan fingerprint density at radius 1 is 1.50 bits per heavy atom. The topological polar surface area (TPSA) is 29.0 Å². The third-order valence-corrected chi connectivity index (χ3v) is 2.66. The van der Waals surface area contributed by atoms with Crippen molar-refractivity contribution in [3.8, 4) is 0 Å². The third kappa shape index (κ3) is 2.35. The second-order valence-electron chi connectivity index (χ2n) is 3.68. The summed E-state index contributed by atoms with van der Waals surface area (Å²) in [5.41, 5.74) is 0. The molecule has 0 aliphatic heterocycles. The molecule has 0 amide bonds. The minimum Gasteiger partial charge on any atom is -0.355 e. The lowest BCUT2D eigenvalue weighted by Crippen LogP contribution is -2.26. The van der Waals surface area contributed by atoms with Gasteiger partial charge in [-0.3, -0.25) is 4.98 Å². The predicted molar refractivity (Wildman–Crippen MR) is 57.7 cm³/mol. The molecule has 1 aromatic rings. The lowest BCUT2D eigenvalue weighted by Gasteiger charge is -2.21. The first kappa shape index (κ1) is 9.71. The summed E-state index contributed by atoms with van der Waals surface area (Å²) in [5, 5.41) is 0.469. The Balaban J connectivity index is 2.08. The van der Waals surface area contributed by atoms with Crippen LogP contribution in [0, 0.1) is 5.92 Å². The molecular formula is C10H14ClN3. The molecule has 0 unspecified atom stereocenters. The quantitative estimate of drug-likeness (QED) is 0.766. The Morgan fingerprint density at radius 2 is 2.29 bits per heavy atom. The van der Waals surface area contributed by atoms with E-state index in [1.54, 1.807) is 12.4 Å². The van der Waals surface area contributed by atoms with Crippen molar-refractivity contribution in [2.24, 2.45) is 5.92 Å².